The van der Waals surface area contributed by atoms with Gasteiger partial charge in [-0.1, -0.05) is 18.9 Å². The van der Waals surface area contributed by atoms with Crippen LogP contribution in [0.25, 0.3) is 0 Å². The van der Waals surface area contributed by atoms with Crippen LogP contribution in [0.5, 0.6) is 0 Å². The van der Waals surface area contributed by atoms with Crippen molar-refractivity contribution in [1.82, 2.24) is 0 Å². The summed E-state index contributed by atoms with van der Waals surface area (Å²) >= 11 is 0. The minimum Gasteiger partial charge on any atom is -0.380 e. The zero-order valence-electron chi connectivity index (χ0n) is 11.9. The molecule has 0 aromatic heterocycles. The molecule has 4 rings (SSSR count). The van der Waals surface area contributed by atoms with Crippen LogP contribution < -0.4 is 0 Å². The Bertz CT molecular complexity index is 438. The minimum absolute atomic E-state index is 0.358. The highest BCUT2D eigenvalue weighted by atomic mass is 16.5. The van der Waals surface area contributed by atoms with Gasteiger partial charge in [-0.3, -0.25) is 4.79 Å². The maximum atomic E-state index is 11.7. The summed E-state index contributed by atoms with van der Waals surface area (Å²) in [5.41, 5.74) is 2.24. The van der Waals surface area contributed by atoms with Crippen molar-refractivity contribution in [3.8, 4) is 0 Å². The van der Waals surface area contributed by atoms with E-state index in [0.29, 0.717) is 22.5 Å². The Labute approximate surface area is 115 Å². The summed E-state index contributed by atoms with van der Waals surface area (Å²) in [4.78, 5) is 11.7. The van der Waals surface area contributed by atoms with Crippen molar-refractivity contribution >= 4 is 5.78 Å². The third kappa shape index (κ3) is 1.55. The molecule has 19 heavy (non-hydrogen) atoms. The van der Waals surface area contributed by atoms with Crippen molar-refractivity contribution in [1.29, 1.82) is 0 Å². The number of hydrogen-bond donors (Lipinski definition) is 0. The molecule has 0 amide bonds. The van der Waals surface area contributed by atoms with E-state index in [-0.39, 0.29) is 0 Å². The number of ether oxygens (including phenoxy) is 1. The second kappa shape index (κ2) is 3.94. The number of rotatable bonds is 0. The van der Waals surface area contributed by atoms with Crippen LogP contribution in [-0.4, -0.2) is 19.0 Å². The molecule has 2 saturated carbocycles. The lowest BCUT2D eigenvalue weighted by Gasteiger charge is -2.63. The van der Waals surface area contributed by atoms with Crippen molar-refractivity contribution < 1.29 is 9.53 Å². The Balaban J connectivity index is 1.78. The van der Waals surface area contributed by atoms with Crippen LogP contribution in [0, 0.1) is 22.7 Å². The molecule has 0 spiro atoms. The average Bonchev–Trinajstić information content (AvgIpc) is 2.37. The molecular formula is C17H24O2. The molecule has 2 nitrogen and oxygen atoms in total. The van der Waals surface area contributed by atoms with E-state index in [1.54, 1.807) is 0 Å². The summed E-state index contributed by atoms with van der Waals surface area (Å²) in [6.45, 7) is 4.36. The number of hydrogen-bond acceptors (Lipinski definition) is 2. The molecule has 3 fully saturated rings. The highest BCUT2D eigenvalue weighted by Gasteiger charge is 2.60. The van der Waals surface area contributed by atoms with Gasteiger partial charge in [0.1, 0.15) is 0 Å². The fourth-order valence-corrected chi connectivity index (χ4v) is 5.90. The topological polar surface area (TPSA) is 26.3 Å². The van der Waals surface area contributed by atoms with Gasteiger partial charge in [0.05, 0.1) is 13.2 Å². The van der Waals surface area contributed by atoms with E-state index < -0.39 is 0 Å². The van der Waals surface area contributed by atoms with Crippen molar-refractivity contribution in [3.05, 3.63) is 11.6 Å². The first-order valence-electron chi connectivity index (χ1n) is 7.95. The van der Waals surface area contributed by atoms with Gasteiger partial charge >= 0.3 is 0 Å². The molecule has 0 N–H and O–H groups in total. The van der Waals surface area contributed by atoms with Gasteiger partial charge in [-0.15, -0.1) is 0 Å². The molecule has 0 aromatic carbocycles. The maximum absolute atomic E-state index is 11.7. The molecule has 4 aliphatic rings. The summed E-state index contributed by atoms with van der Waals surface area (Å²) in [7, 11) is 0. The normalized spacial score (nSPS) is 49.1. The van der Waals surface area contributed by atoms with Crippen LogP contribution in [0.15, 0.2) is 11.6 Å². The Kier molecular flexibility index (Phi) is 2.52. The Morgan fingerprint density at radius 1 is 1.21 bits per heavy atom. The van der Waals surface area contributed by atoms with Crippen LogP contribution in [0.4, 0.5) is 0 Å². The second-order valence-corrected chi connectivity index (χ2v) is 7.60. The maximum Gasteiger partial charge on any atom is 0.155 e. The van der Waals surface area contributed by atoms with Crippen LogP contribution in [-0.2, 0) is 9.53 Å². The van der Waals surface area contributed by atoms with Gasteiger partial charge in [0.2, 0.25) is 0 Å². The van der Waals surface area contributed by atoms with Gasteiger partial charge in [-0.2, -0.15) is 0 Å². The lowest BCUT2D eigenvalue weighted by molar-refractivity contribution is -0.195. The van der Waals surface area contributed by atoms with Gasteiger partial charge in [0.15, 0.2) is 5.78 Å². The molecule has 0 aromatic rings. The van der Waals surface area contributed by atoms with Gasteiger partial charge in [-0.05, 0) is 55.4 Å². The molecule has 104 valence electrons. The minimum atomic E-state index is 0.358. The van der Waals surface area contributed by atoms with Gasteiger partial charge < -0.3 is 4.74 Å². The summed E-state index contributed by atoms with van der Waals surface area (Å²) in [5.74, 6) is 1.83. The Morgan fingerprint density at radius 3 is 3.00 bits per heavy atom. The average molecular weight is 260 g/mol. The monoisotopic (exact) mass is 260 g/mol. The van der Waals surface area contributed by atoms with Crippen molar-refractivity contribution in [2.45, 2.75) is 51.9 Å². The number of carbonyl (C=O) groups excluding carboxylic acids is 1. The summed E-state index contributed by atoms with van der Waals surface area (Å²) in [6.07, 6.45) is 10.3. The van der Waals surface area contributed by atoms with E-state index in [9.17, 15) is 4.79 Å². The van der Waals surface area contributed by atoms with Crippen LogP contribution in [0.1, 0.15) is 51.9 Å². The standard InChI is InChI=1S/C17H24O2/c1-16-7-2-8-17(11-19-10-16)14-5-4-13(18)9-12(14)3-6-15(16)17/h9,14-15H,2-8,10-11H2,1H3/t14-,15-,16+,17-/m0/s1. The molecule has 0 unspecified atom stereocenters. The number of ketones is 1. The van der Waals surface area contributed by atoms with E-state index in [0.717, 1.165) is 32.0 Å². The molecule has 4 atom stereocenters. The number of carbonyl (C=O) groups is 1. The zero-order valence-corrected chi connectivity index (χ0v) is 11.9. The first-order chi connectivity index (χ1) is 9.14. The molecule has 2 heteroatoms. The first-order valence-corrected chi connectivity index (χ1v) is 7.95. The smallest absolute Gasteiger partial charge is 0.155 e. The van der Waals surface area contributed by atoms with E-state index in [1.165, 1.54) is 37.7 Å². The van der Waals surface area contributed by atoms with Crippen LogP contribution >= 0.6 is 0 Å². The number of fused-ring (bicyclic) bond motifs is 1. The Morgan fingerprint density at radius 2 is 2.11 bits per heavy atom. The summed E-state index contributed by atoms with van der Waals surface area (Å²) < 4.78 is 6.06. The molecule has 3 aliphatic carbocycles. The molecule has 1 aliphatic heterocycles. The summed E-state index contributed by atoms with van der Waals surface area (Å²) in [6, 6.07) is 0. The fraction of sp³-hybridized carbons (Fsp3) is 0.824. The molecule has 0 radical (unpaired) electrons. The van der Waals surface area contributed by atoms with E-state index in [4.69, 9.17) is 4.74 Å². The zero-order chi connectivity index (χ0) is 13.1. The molecule has 1 heterocycles. The van der Waals surface area contributed by atoms with Gasteiger partial charge in [0.25, 0.3) is 0 Å². The Hall–Kier alpha value is -0.630. The largest absolute Gasteiger partial charge is 0.380 e. The van der Waals surface area contributed by atoms with Crippen molar-refractivity contribution in [2.75, 3.05) is 13.2 Å². The van der Waals surface area contributed by atoms with E-state index in [1.807, 2.05) is 6.08 Å². The van der Waals surface area contributed by atoms with Crippen molar-refractivity contribution in [2.24, 2.45) is 22.7 Å². The van der Waals surface area contributed by atoms with E-state index >= 15 is 0 Å². The third-order valence-corrected chi connectivity index (χ3v) is 6.62. The summed E-state index contributed by atoms with van der Waals surface area (Å²) in [5, 5.41) is 0. The van der Waals surface area contributed by atoms with Gasteiger partial charge in [-0.25, -0.2) is 0 Å². The van der Waals surface area contributed by atoms with Gasteiger partial charge in [0, 0.05) is 11.8 Å². The predicted molar refractivity (Wildman–Crippen MR) is 73.7 cm³/mol. The first kappa shape index (κ1) is 12.1. The SMILES string of the molecule is C[C@@]12CCC[C@]3(COC1)[C@H]1CCC(=O)C=C1CC[C@@H]23. The molecule has 2 bridgehead atoms. The quantitative estimate of drug-likeness (QED) is 0.666. The molecular weight excluding hydrogens is 236 g/mol. The van der Waals surface area contributed by atoms with Crippen LogP contribution in [0.2, 0.25) is 0 Å². The van der Waals surface area contributed by atoms with Crippen LogP contribution in [0.3, 0.4) is 0 Å². The molecule has 1 saturated heterocycles. The van der Waals surface area contributed by atoms with E-state index in [2.05, 4.69) is 6.92 Å². The predicted octanol–water partition coefficient (Wildman–Crippen LogP) is 3.51. The highest BCUT2D eigenvalue weighted by molar-refractivity contribution is 5.91. The second-order valence-electron chi connectivity index (χ2n) is 7.60. The lowest BCUT2D eigenvalue weighted by atomic mass is 9.44. The third-order valence-electron chi connectivity index (χ3n) is 6.62. The lowest BCUT2D eigenvalue weighted by Crippen LogP contribution is -2.59. The number of allylic oxidation sites excluding steroid dienone is 2. The highest BCUT2D eigenvalue weighted by Crippen LogP contribution is 2.64. The van der Waals surface area contributed by atoms with Crippen molar-refractivity contribution in [3.63, 3.8) is 0 Å². The fourth-order valence-electron chi connectivity index (χ4n) is 5.90.